The van der Waals surface area contributed by atoms with E-state index < -0.39 is 23.8 Å². The highest BCUT2D eigenvalue weighted by Crippen LogP contribution is 2.22. The van der Waals surface area contributed by atoms with E-state index in [9.17, 15) is 24.0 Å². The van der Waals surface area contributed by atoms with E-state index in [1.54, 1.807) is 13.8 Å². The first-order valence-corrected chi connectivity index (χ1v) is 13.9. The van der Waals surface area contributed by atoms with Gasteiger partial charge in [0.05, 0.1) is 19.6 Å². The molecule has 0 radical (unpaired) electrons. The van der Waals surface area contributed by atoms with E-state index >= 15 is 0 Å². The van der Waals surface area contributed by atoms with Gasteiger partial charge in [-0.25, -0.2) is 0 Å². The van der Waals surface area contributed by atoms with Crippen LogP contribution < -0.4 is 32.3 Å². The van der Waals surface area contributed by atoms with Crippen LogP contribution in [0.4, 0.5) is 0 Å². The van der Waals surface area contributed by atoms with Gasteiger partial charge in [0.1, 0.15) is 6.04 Å². The van der Waals surface area contributed by atoms with Gasteiger partial charge in [0.15, 0.2) is 0 Å². The van der Waals surface area contributed by atoms with Crippen LogP contribution in [0.3, 0.4) is 0 Å². The predicted octanol–water partition coefficient (Wildman–Crippen LogP) is 0.571. The van der Waals surface area contributed by atoms with Gasteiger partial charge in [0.25, 0.3) is 0 Å². The van der Waals surface area contributed by atoms with Crippen molar-refractivity contribution in [2.75, 3.05) is 33.2 Å². The Balaban J connectivity index is -0.000000747. The maximum atomic E-state index is 12.0. The summed E-state index contributed by atoms with van der Waals surface area (Å²) in [6.07, 6.45) is 7.71. The van der Waals surface area contributed by atoms with Crippen molar-refractivity contribution < 1.29 is 29.1 Å². The number of carbonyl (C=O) groups is 5. The van der Waals surface area contributed by atoms with Gasteiger partial charge >= 0.3 is 0 Å². The molecule has 0 saturated heterocycles. The maximum absolute atomic E-state index is 12.0. The van der Waals surface area contributed by atoms with E-state index in [0.717, 1.165) is 12.5 Å². The summed E-state index contributed by atoms with van der Waals surface area (Å²) in [6, 6.07) is -0.721. The number of aliphatic hydroxyl groups is 1. The minimum absolute atomic E-state index is 0.167. The van der Waals surface area contributed by atoms with Gasteiger partial charge in [-0.1, -0.05) is 59.8 Å². The Bertz CT molecular complexity index is 679. The molecule has 1 fully saturated rings. The van der Waals surface area contributed by atoms with Crippen molar-refractivity contribution in [3.8, 4) is 0 Å². The molecule has 1 aliphatic carbocycles. The minimum atomic E-state index is -0.721. The van der Waals surface area contributed by atoms with E-state index in [4.69, 9.17) is 10.8 Å². The van der Waals surface area contributed by atoms with Crippen molar-refractivity contribution in [3.63, 3.8) is 0 Å². The van der Waals surface area contributed by atoms with Crippen LogP contribution in [-0.4, -0.2) is 80.0 Å². The third-order valence-corrected chi connectivity index (χ3v) is 4.89. The molecular formula is C27H56N6O6. The number of carbonyl (C=O) groups excluding carboxylic acids is 5. The Morgan fingerprint density at radius 3 is 1.59 bits per heavy atom. The second kappa shape index (κ2) is 26.9. The lowest BCUT2D eigenvalue weighted by Crippen LogP contribution is -2.49. The molecule has 1 atom stereocenters. The molecule has 12 heteroatoms. The summed E-state index contributed by atoms with van der Waals surface area (Å²) >= 11 is 0. The molecule has 8 N–H and O–H groups in total. The summed E-state index contributed by atoms with van der Waals surface area (Å²) in [6.45, 7) is 12.8. The lowest BCUT2D eigenvalue weighted by molar-refractivity contribution is -0.130. The standard InChI is InChI=1S/C15H27N5O5.C7H14.C3H8O.C2H7N/c1-9(2)5-11(20-10(3)21)15(25)19-8-14(24)18-7-13(23)17-6-12(22)16-4;1-7-5-3-2-4-6-7;1-3(2)4;1-2-3/h9,11H,5-8H2,1-4H3,(H,16,22)(H,17,23)(H,18,24)(H,19,25)(H,20,21);7H,2-6H2,1H3;3-4H,1-2H3;2-3H2,1H3. The molecule has 1 rings (SSSR count). The molecule has 1 saturated carbocycles. The van der Waals surface area contributed by atoms with Crippen LogP contribution in [-0.2, 0) is 24.0 Å². The Labute approximate surface area is 235 Å². The molecule has 0 aliphatic heterocycles. The second-order valence-electron chi connectivity index (χ2n) is 10.1. The van der Waals surface area contributed by atoms with E-state index in [1.165, 1.54) is 46.1 Å². The number of nitrogens with two attached hydrogens (primary N) is 1. The molecule has 39 heavy (non-hydrogen) atoms. The summed E-state index contributed by atoms with van der Waals surface area (Å²) in [7, 11) is 1.44. The Morgan fingerprint density at radius 1 is 0.846 bits per heavy atom. The fourth-order valence-corrected chi connectivity index (χ4v) is 3.12. The average molecular weight is 561 g/mol. The predicted molar refractivity (Wildman–Crippen MR) is 154 cm³/mol. The molecule has 5 amide bonds. The molecule has 0 aromatic carbocycles. The number of hydrogen-bond donors (Lipinski definition) is 7. The van der Waals surface area contributed by atoms with Crippen molar-refractivity contribution in [1.29, 1.82) is 0 Å². The van der Waals surface area contributed by atoms with Crippen molar-refractivity contribution in [3.05, 3.63) is 0 Å². The minimum Gasteiger partial charge on any atom is -0.394 e. The first kappa shape index (κ1) is 40.8. The van der Waals surface area contributed by atoms with Crippen LogP contribution in [0.2, 0.25) is 0 Å². The first-order valence-electron chi connectivity index (χ1n) is 13.9. The average Bonchev–Trinajstić information content (AvgIpc) is 2.84. The number of rotatable bonds is 10. The topological polar surface area (TPSA) is 192 Å². The van der Waals surface area contributed by atoms with Crippen molar-refractivity contribution >= 4 is 29.5 Å². The van der Waals surface area contributed by atoms with Gasteiger partial charge in [-0.2, -0.15) is 0 Å². The molecule has 0 aromatic rings. The van der Waals surface area contributed by atoms with Gasteiger partial charge in [-0.15, -0.1) is 0 Å². The molecule has 12 nitrogen and oxygen atoms in total. The van der Waals surface area contributed by atoms with Crippen LogP contribution >= 0.6 is 0 Å². The molecule has 230 valence electrons. The van der Waals surface area contributed by atoms with Crippen LogP contribution in [0.15, 0.2) is 0 Å². The normalized spacial score (nSPS) is 13.1. The highest BCUT2D eigenvalue weighted by atomic mass is 16.3. The van der Waals surface area contributed by atoms with E-state index in [0.29, 0.717) is 6.42 Å². The summed E-state index contributed by atoms with van der Waals surface area (Å²) in [5.74, 6) is -1.04. The quantitative estimate of drug-likeness (QED) is 0.203. The van der Waals surface area contributed by atoms with Gasteiger partial charge in [-0.05, 0) is 38.6 Å². The molecule has 0 spiro atoms. The molecule has 1 aliphatic rings. The van der Waals surface area contributed by atoms with E-state index in [-0.39, 0.29) is 43.5 Å². The highest BCUT2D eigenvalue weighted by molar-refractivity contribution is 5.92. The summed E-state index contributed by atoms with van der Waals surface area (Å²) in [5, 5.41) is 20.0. The molecule has 1 unspecified atom stereocenters. The second-order valence-corrected chi connectivity index (χ2v) is 10.1. The fraction of sp³-hybridized carbons (Fsp3) is 0.815. The molecule has 0 bridgehead atoms. The fourth-order valence-electron chi connectivity index (χ4n) is 3.12. The van der Waals surface area contributed by atoms with Gasteiger partial charge in [0, 0.05) is 20.1 Å². The Kier molecular flexibility index (Phi) is 28.1. The third-order valence-electron chi connectivity index (χ3n) is 4.89. The number of hydrogen-bond acceptors (Lipinski definition) is 7. The highest BCUT2D eigenvalue weighted by Gasteiger charge is 2.21. The Morgan fingerprint density at radius 2 is 1.26 bits per heavy atom. The van der Waals surface area contributed by atoms with E-state index in [1.807, 2.05) is 20.8 Å². The van der Waals surface area contributed by atoms with Crippen molar-refractivity contribution in [2.24, 2.45) is 17.6 Å². The smallest absolute Gasteiger partial charge is 0.243 e. The lowest BCUT2D eigenvalue weighted by atomic mass is 9.91. The number of likely N-dealkylation sites (N-methyl/N-ethyl adjacent to an activating group) is 1. The number of amides is 5. The zero-order valence-electron chi connectivity index (χ0n) is 25.4. The van der Waals surface area contributed by atoms with Gasteiger partial charge in [0.2, 0.25) is 29.5 Å². The largest absolute Gasteiger partial charge is 0.394 e. The third kappa shape index (κ3) is 33.2. The number of nitrogens with one attached hydrogen (secondary N) is 5. The molecule has 0 aromatic heterocycles. The van der Waals surface area contributed by atoms with Gasteiger partial charge in [-0.3, -0.25) is 24.0 Å². The first-order chi connectivity index (χ1) is 18.2. The molecule has 0 heterocycles. The van der Waals surface area contributed by atoms with E-state index in [2.05, 4.69) is 33.5 Å². The van der Waals surface area contributed by atoms with Crippen LogP contribution in [0.5, 0.6) is 0 Å². The summed E-state index contributed by atoms with van der Waals surface area (Å²) in [5.41, 5.74) is 4.85. The monoisotopic (exact) mass is 560 g/mol. The van der Waals surface area contributed by atoms with Crippen LogP contribution in [0, 0.1) is 11.8 Å². The lowest BCUT2D eigenvalue weighted by Gasteiger charge is -2.19. The molecular weight excluding hydrogens is 504 g/mol. The zero-order valence-corrected chi connectivity index (χ0v) is 25.4. The van der Waals surface area contributed by atoms with Crippen LogP contribution in [0.25, 0.3) is 0 Å². The Hall–Kier alpha value is -2.73. The SMILES string of the molecule is CC(C)O.CC1CCCCC1.CCN.CNC(=O)CNC(=O)CNC(=O)CNC(=O)C(CC(C)C)NC(C)=O. The zero-order chi connectivity index (χ0) is 30.8. The van der Waals surface area contributed by atoms with Crippen molar-refractivity contribution in [2.45, 2.75) is 99.1 Å². The van der Waals surface area contributed by atoms with Gasteiger partial charge < -0.3 is 37.4 Å². The van der Waals surface area contributed by atoms with Crippen LogP contribution in [0.1, 0.15) is 87.0 Å². The number of aliphatic hydroxyl groups excluding tert-OH is 1. The summed E-state index contributed by atoms with van der Waals surface area (Å²) in [4.78, 5) is 57.2. The summed E-state index contributed by atoms with van der Waals surface area (Å²) < 4.78 is 0. The van der Waals surface area contributed by atoms with Crippen molar-refractivity contribution in [1.82, 2.24) is 26.6 Å². The maximum Gasteiger partial charge on any atom is 0.243 e.